The van der Waals surface area contributed by atoms with Gasteiger partial charge in [-0.05, 0) is 30.5 Å². The van der Waals surface area contributed by atoms with E-state index in [1.165, 1.54) is 11.0 Å². The second-order valence-corrected chi connectivity index (χ2v) is 6.80. The Morgan fingerprint density at radius 1 is 1.30 bits per heavy atom. The van der Waals surface area contributed by atoms with E-state index >= 15 is 0 Å². The average Bonchev–Trinajstić information content (AvgIpc) is 3.23. The van der Waals surface area contributed by atoms with E-state index in [0.717, 1.165) is 0 Å². The van der Waals surface area contributed by atoms with Gasteiger partial charge in [0.1, 0.15) is 0 Å². The summed E-state index contributed by atoms with van der Waals surface area (Å²) in [4.78, 5) is 14.2. The lowest BCUT2D eigenvalue weighted by Gasteiger charge is -2.40. The first-order valence-corrected chi connectivity index (χ1v) is 8.47. The van der Waals surface area contributed by atoms with Crippen LogP contribution < -0.4 is 5.73 Å². The first kappa shape index (κ1) is 17.9. The van der Waals surface area contributed by atoms with Gasteiger partial charge in [-0.2, -0.15) is 8.78 Å². The maximum Gasteiger partial charge on any atom is 0.314 e. The van der Waals surface area contributed by atoms with Crippen LogP contribution in [-0.2, 0) is 6.54 Å². The molecule has 1 aliphatic heterocycles. The van der Waals surface area contributed by atoms with Gasteiger partial charge in [0.15, 0.2) is 0 Å². The molecule has 0 radical (unpaired) electrons. The molecule has 144 valence electrons. The number of rotatable bonds is 3. The molecule has 1 aromatic heterocycles. The van der Waals surface area contributed by atoms with Crippen LogP contribution in [0.2, 0.25) is 0 Å². The quantitative estimate of drug-likeness (QED) is 0.822. The maximum absolute atomic E-state index is 14.0. The standard InChI is InChI=1S/C17H16F4N4O2/c18-13(19)15-24-23-14(27-15)8-3-4-9-7-25(16(26)10(9)6-8)11-2-1-5-17(20,21)12(11)22/h3-4,6,11-13H,1-2,5,7,22H2/t11-,12-/m1/s1. The second-order valence-electron chi connectivity index (χ2n) is 6.80. The first-order chi connectivity index (χ1) is 12.8. The van der Waals surface area contributed by atoms with E-state index < -0.39 is 36.2 Å². The van der Waals surface area contributed by atoms with Crippen molar-refractivity contribution in [1.82, 2.24) is 15.1 Å². The fourth-order valence-electron chi connectivity index (χ4n) is 3.69. The molecule has 4 rings (SSSR count). The van der Waals surface area contributed by atoms with Gasteiger partial charge in [-0.3, -0.25) is 4.79 Å². The highest BCUT2D eigenvalue weighted by Gasteiger charge is 2.49. The molecule has 0 spiro atoms. The van der Waals surface area contributed by atoms with Crippen molar-refractivity contribution in [2.75, 3.05) is 0 Å². The van der Waals surface area contributed by atoms with Crippen LogP contribution >= 0.6 is 0 Å². The van der Waals surface area contributed by atoms with Crippen molar-refractivity contribution in [3.8, 4) is 11.5 Å². The molecule has 2 heterocycles. The predicted molar refractivity (Wildman–Crippen MR) is 85.1 cm³/mol. The monoisotopic (exact) mass is 384 g/mol. The Morgan fingerprint density at radius 3 is 2.78 bits per heavy atom. The number of aromatic nitrogens is 2. The van der Waals surface area contributed by atoms with E-state index in [1.54, 1.807) is 12.1 Å². The number of halogens is 4. The van der Waals surface area contributed by atoms with Crippen molar-refractivity contribution in [2.45, 2.75) is 50.2 Å². The molecule has 2 aliphatic rings. The highest BCUT2D eigenvalue weighted by Crippen LogP contribution is 2.38. The number of benzene rings is 1. The number of alkyl halides is 4. The van der Waals surface area contributed by atoms with Gasteiger partial charge in [0.05, 0.1) is 12.1 Å². The van der Waals surface area contributed by atoms with Crippen LogP contribution in [-0.4, -0.2) is 39.0 Å². The molecule has 0 bridgehead atoms. The van der Waals surface area contributed by atoms with Gasteiger partial charge >= 0.3 is 6.43 Å². The highest BCUT2D eigenvalue weighted by atomic mass is 19.3. The molecule has 0 saturated heterocycles. The smallest absolute Gasteiger partial charge is 0.314 e. The highest BCUT2D eigenvalue weighted by molar-refractivity contribution is 5.99. The summed E-state index contributed by atoms with van der Waals surface area (Å²) in [6, 6.07) is 2.46. The number of carbonyl (C=O) groups excluding carboxylic acids is 1. The maximum atomic E-state index is 14.0. The van der Waals surface area contributed by atoms with Crippen LogP contribution in [0.1, 0.15) is 47.5 Å². The van der Waals surface area contributed by atoms with Gasteiger partial charge in [0.25, 0.3) is 17.7 Å². The SMILES string of the molecule is N[C@@H]1[C@H](N2Cc3ccc(-c4nnc(C(F)F)o4)cc3C2=O)CCCC1(F)F. The fraction of sp³-hybridized carbons (Fsp3) is 0.471. The van der Waals surface area contributed by atoms with Gasteiger partial charge in [-0.1, -0.05) is 6.07 Å². The molecule has 2 N–H and O–H groups in total. The summed E-state index contributed by atoms with van der Waals surface area (Å²) in [6.45, 7) is 0.176. The zero-order valence-electron chi connectivity index (χ0n) is 14.0. The lowest BCUT2D eigenvalue weighted by atomic mass is 9.86. The summed E-state index contributed by atoms with van der Waals surface area (Å²) in [5.74, 6) is -4.38. The van der Waals surface area contributed by atoms with Crippen molar-refractivity contribution in [3.05, 3.63) is 35.2 Å². The minimum absolute atomic E-state index is 0.139. The third kappa shape index (κ3) is 2.97. The Kier molecular flexibility index (Phi) is 4.17. The number of hydrogen-bond donors (Lipinski definition) is 1. The molecular weight excluding hydrogens is 368 g/mol. The van der Waals surface area contributed by atoms with E-state index in [2.05, 4.69) is 10.2 Å². The summed E-state index contributed by atoms with van der Waals surface area (Å²) < 4.78 is 58.0. The summed E-state index contributed by atoms with van der Waals surface area (Å²) in [6.07, 6.45) is -2.49. The molecule has 1 amide bonds. The Bertz CT molecular complexity index is 886. The van der Waals surface area contributed by atoms with E-state index in [-0.39, 0.29) is 25.3 Å². The lowest BCUT2D eigenvalue weighted by Crippen LogP contribution is -2.58. The van der Waals surface area contributed by atoms with E-state index in [1.807, 2.05) is 0 Å². The number of nitrogens with zero attached hydrogens (tertiary/aromatic N) is 3. The third-order valence-corrected chi connectivity index (χ3v) is 5.13. The van der Waals surface area contributed by atoms with Gasteiger partial charge in [-0.25, -0.2) is 8.78 Å². The normalized spacial score (nSPS) is 24.5. The molecule has 2 atom stereocenters. The van der Waals surface area contributed by atoms with Crippen LogP contribution in [0.25, 0.3) is 11.5 Å². The van der Waals surface area contributed by atoms with Gasteiger partial charge in [-0.15, -0.1) is 10.2 Å². The zero-order chi connectivity index (χ0) is 19.3. The minimum Gasteiger partial charge on any atom is -0.415 e. The molecular formula is C17H16F4N4O2. The molecule has 1 saturated carbocycles. The Balaban J connectivity index is 1.61. The van der Waals surface area contributed by atoms with Crippen molar-refractivity contribution >= 4 is 5.91 Å². The van der Waals surface area contributed by atoms with Gasteiger partial charge in [0, 0.05) is 24.1 Å². The first-order valence-electron chi connectivity index (χ1n) is 8.47. The number of fused-ring (bicyclic) bond motifs is 1. The molecule has 1 aromatic carbocycles. The molecule has 1 fully saturated rings. The number of amides is 1. The fourth-order valence-corrected chi connectivity index (χ4v) is 3.69. The molecule has 2 aromatic rings. The van der Waals surface area contributed by atoms with E-state index in [4.69, 9.17) is 10.2 Å². The Hall–Kier alpha value is -2.49. The van der Waals surface area contributed by atoms with E-state index in [0.29, 0.717) is 23.1 Å². The van der Waals surface area contributed by atoms with Crippen LogP contribution in [0.15, 0.2) is 22.6 Å². The minimum atomic E-state index is -3.02. The van der Waals surface area contributed by atoms with Crippen molar-refractivity contribution in [2.24, 2.45) is 5.73 Å². The summed E-state index contributed by atoms with van der Waals surface area (Å²) in [5.41, 5.74) is 6.99. The molecule has 0 unspecified atom stereocenters. The number of carbonyl (C=O) groups is 1. The number of hydrogen-bond acceptors (Lipinski definition) is 5. The molecule has 6 nitrogen and oxygen atoms in total. The van der Waals surface area contributed by atoms with Crippen LogP contribution in [0.5, 0.6) is 0 Å². The summed E-state index contributed by atoms with van der Waals surface area (Å²) in [5, 5.41) is 6.81. The zero-order valence-corrected chi connectivity index (χ0v) is 14.0. The van der Waals surface area contributed by atoms with Crippen molar-refractivity contribution in [1.29, 1.82) is 0 Å². The summed E-state index contributed by atoms with van der Waals surface area (Å²) >= 11 is 0. The van der Waals surface area contributed by atoms with Crippen LogP contribution in [0, 0.1) is 0 Å². The molecule has 1 aliphatic carbocycles. The van der Waals surface area contributed by atoms with Crippen LogP contribution in [0.4, 0.5) is 17.6 Å². The Morgan fingerprint density at radius 2 is 2.07 bits per heavy atom. The second kappa shape index (κ2) is 6.29. The van der Waals surface area contributed by atoms with Gasteiger partial charge in [0.2, 0.25) is 5.89 Å². The van der Waals surface area contributed by atoms with Gasteiger partial charge < -0.3 is 15.1 Å². The van der Waals surface area contributed by atoms with Crippen molar-refractivity contribution in [3.63, 3.8) is 0 Å². The third-order valence-electron chi connectivity index (χ3n) is 5.13. The van der Waals surface area contributed by atoms with Crippen LogP contribution in [0.3, 0.4) is 0 Å². The average molecular weight is 384 g/mol. The Labute approximate surface area is 151 Å². The summed E-state index contributed by atoms with van der Waals surface area (Å²) in [7, 11) is 0. The number of nitrogens with two attached hydrogens (primary N) is 1. The van der Waals surface area contributed by atoms with Crippen molar-refractivity contribution < 1.29 is 26.8 Å². The topological polar surface area (TPSA) is 85.2 Å². The largest absolute Gasteiger partial charge is 0.415 e. The molecule has 10 heteroatoms. The molecule has 27 heavy (non-hydrogen) atoms. The van der Waals surface area contributed by atoms with E-state index in [9.17, 15) is 22.4 Å². The lowest BCUT2D eigenvalue weighted by molar-refractivity contribution is -0.0777. The predicted octanol–water partition coefficient (Wildman–Crippen LogP) is 3.15.